The molecule has 0 radical (unpaired) electrons. The minimum Gasteiger partial charge on any atom is -0.486 e. The van der Waals surface area contributed by atoms with Gasteiger partial charge >= 0.3 is 0 Å². The number of nitrogens with one attached hydrogen (secondary N) is 1. The number of benzene rings is 1. The maximum atomic E-state index is 13.3. The summed E-state index contributed by atoms with van der Waals surface area (Å²) in [6, 6.07) is 3.59. The van der Waals surface area contributed by atoms with Crippen LogP contribution in [0.3, 0.4) is 0 Å². The van der Waals surface area contributed by atoms with Gasteiger partial charge in [0.1, 0.15) is 11.9 Å². The highest BCUT2D eigenvalue weighted by Gasteiger charge is 2.32. The van der Waals surface area contributed by atoms with Gasteiger partial charge in [-0.05, 0) is 44.4 Å². The van der Waals surface area contributed by atoms with Crippen LogP contribution in [0, 0.1) is 13.8 Å². The van der Waals surface area contributed by atoms with Crippen LogP contribution in [-0.4, -0.2) is 41.2 Å². The number of hydrogen-bond acceptors (Lipinski definition) is 4. The minimum absolute atomic E-state index is 0.120. The number of amides is 1. The fraction of sp³-hybridized carbons (Fsp3) is 0.455. The third-order valence-corrected chi connectivity index (χ3v) is 6.43. The summed E-state index contributed by atoms with van der Waals surface area (Å²) in [6.45, 7) is 6.85. The summed E-state index contributed by atoms with van der Waals surface area (Å²) in [5.41, 5.74) is 3.12. The lowest BCUT2D eigenvalue weighted by molar-refractivity contribution is 0.0725. The van der Waals surface area contributed by atoms with E-state index in [-0.39, 0.29) is 35.2 Å². The first-order valence-corrected chi connectivity index (χ1v) is 10.8. The smallest absolute Gasteiger partial charge is 0.256 e. The largest absolute Gasteiger partial charge is 0.486 e. The molecule has 0 saturated carbocycles. The monoisotopic (exact) mass is 450 g/mol. The average molecular weight is 451 g/mol. The summed E-state index contributed by atoms with van der Waals surface area (Å²) < 4.78 is 11.6. The van der Waals surface area contributed by atoms with Gasteiger partial charge in [0.05, 0.1) is 29.8 Å². The fourth-order valence-electron chi connectivity index (χ4n) is 4.16. The molecule has 6 nitrogen and oxygen atoms in total. The van der Waals surface area contributed by atoms with Crippen LogP contribution in [0.15, 0.2) is 16.9 Å². The Kier molecular flexibility index (Phi) is 5.84. The molecule has 1 N–H and O–H groups in total. The van der Waals surface area contributed by atoms with E-state index < -0.39 is 0 Å². The average Bonchev–Trinajstić information content (AvgIpc) is 3.08. The molecule has 8 heteroatoms. The van der Waals surface area contributed by atoms with Gasteiger partial charge in [-0.3, -0.25) is 9.59 Å². The number of pyridine rings is 1. The Morgan fingerprint density at radius 1 is 1.27 bits per heavy atom. The van der Waals surface area contributed by atoms with Crippen LogP contribution in [0.25, 0.3) is 0 Å². The molecule has 2 aliphatic heterocycles. The minimum atomic E-state index is -0.246. The van der Waals surface area contributed by atoms with Gasteiger partial charge in [0.15, 0.2) is 0 Å². The summed E-state index contributed by atoms with van der Waals surface area (Å²) >= 11 is 13.1. The van der Waals surface area contributed by atoms with Crippen LogP contribution in [0.5, 0.6) is 5.75 Å². The molecule has 160 valence electrons. The lowest BCUT2D eigenvalue weighted by Gasteiger charge is -2.30. The first-order chi connectivity index (χ1) is 14.2. The van der Waals surface area contributed by atoms with E-state index in [9.17, 15) is 9.59 Å². The molecular formula is C22H24Cl2N2O4. The Morgan fingerprint density at radius 2 is 2.03 bits per heavy atom. The highest BCUT2D eigenvalue weighted by Crippen LogP contribution is 2.40. The second kappa shape index (κ2) is 8.25. The standard InChI is InChI=1S/C22H24Cl2N2O4/c1-11-6-12(2)25-21(27)16(11)9-26-5-4-15-17(23)8-18(20(24)19(15)22(26)28)30-14-7-13(3)29-10-14/h6,8,13-14H,4-5,7,9-10H2,1-3H3,(H,25,27). The number of ether oxygens (including phenoxy) is 2. The quantitative estimate of drug-likeness (QED) is 0.762. The van der Waals surface area contributed by atoms with E-state index in [2.05, 4.69) is 4.98 Å². The fourth-order valence-corrected chi connectivity index (χ4v) is 4.74. The highest BCUT2D eigenvalue weighted by molar-refractivity contribution is 6.38. The molecule has 1 aromatic carbocycles. The SMILES string of the molecule is Cc1cc(C)c(CN2CCc3c(Cl)cc(OC4COC(C)C4)c(Cl)c3C2=O)c(=O)[nH]1. The molecule has 1 amide bonds. The lowest BCUT2D eigenvalue weighted by atomic mass is 9.97. The maximum absolute atomic E-state index is 13.3. The van der Waals surface area contributed by atoms with Crippen molar-refractivity contribution < 1.29 is 14.3 Å². The van der Waals surface area contributed by atoms with Crippen LogP contribution >= 0.6 is 23.2 Å². The predicted molar refractivity (Wildman–Crippen MR) is 116 cm³/mol. The van der Waals surface area contributed by atoms with Crippen molar-refractivity contribution in [3.05, 3.63) is 60.5 Å². The van der Waals surface area contributed by atoms with Crippen LogP contribution in [0.2, 0.25) is 10.0 Å². The maximum Gasteiger partial charge on any atom is 0.256 e. The Morgan fingerprint density at radius 3 is 2.70 bits per heavy atom. The molecule has 0 aliphatic carbocycles. The van der Waals surface area contributed by atoms with E-state index in [1.54, 1.807) is 11.0 Å². The van der Waals surface area contributed by atoms with E-state index in [0.29, 0.717) is 41.5 Å². The number of rotatable bonds is 4. The van der Waals surface area contributed by atoms with E-state index in [0.717, 1.165) is 23.2 Å². The van der Waals surface area contributed by atoms with Gasteiger partial charge in [0, 0.05) is 35.3 Å². The van der Waals surface area contributed by atoms with Crippen LogP contribution in [0.1, 0.15) is 46.1 Å². The molecule has 1 saturated heterocycles. The Balaban J connectivity index is 1.64. The molecule has 1 aromatic heterocycles. The van der Waals surface area contributed by atoms with Gasteiger partial charge in [0.25, 0.3) is 11.5 Å². The number of hydrogen-bond donors (Lipinski definition) is 1. The summed E-state index contributed by atoms with van der Waals surface area (Å²) in [6.07, 6.45) is 1.30. The summed E-state index contributed by atoms with van der Waals surface area (Å²) in [7, 11) is 0. The third-order valence-electron chi connectivity index (χ3n) is 5.71. The van der Waals surface area contributed by atoms with Crippen molar-refractivity contribution in [1.29, 1.82) is 0 Å². The number of aromatic amines is 1. The second-order valence-corrected chi connectivity index (χ2v) is 8.85. The van der Waals surface area contributed by atoms with E-state index in [1.807, 2.05) is 26.8 Å². The molecule has 2 unspecified atom stereocenters. The molecule has 1 fully saturated rings. The normalized spacial score (nSPS) is 21.1. The van der Waals surface area contributed by atoms with Crippen molar-refractivity contribution in [2.45, 2.75) is 52.4 Å². The van der Waals surface area contributed by atoms with Gasteiger partial charge < -0.3 is 19.4 Å². The molecule has 3 heterocycles. The number of nitrogens with zero attached hydrogens (tertiary/aromatic N) is 1. The predicted octanol–water partition coefficient (Wildman–Crippen LogP) is 4.05. The van der Waals surface area contributed by atoms with E-state index in [1.165, 1.54) is 0 Å². The Hall–Kier alpha value is -2.02. The molecular weight excluding hydrogens is 427 g/mol. The second-order valence-electron chi connectivity index (χ2n) is 8.06. The van der Waals surface area contributed by atoms with Gasteiger partial charge in [-0.15, -0.1) is 0 Å². The molecule has 2 aromatic rings. The van der Waals surface area contributed by atoms with E-state index in [4.69, 9.17) is 32.7 Å². The van der Waals surface area contributed by atoms with Crippen molar-refractivity contribution in [2.24, 2.45) is 0 Å². The molecule has 30 heavy (non-hydrogen) atoms. The number of carbonyl (C=O) groups excluding carboxylic acids is 1. The van der Waals surface area contributed by atoms with Gasteiger partial charge in [-0.2, -0.15) is 0 Å². The summed E-state index contributed by atoms with van der Waals surface area (Å²) in [5, 5.41) is 0.729. The van der Waals surface area contributed by atoms with Crippen molar-refractivity contribution in [2.75, 3.05) is 13.2 Å². The van der Waals surface area contributed by atoms with Gasteiger partial charge in [-0.25, -0.2) is 0 Å². The van der Waals surface area contributed by atoms with Crippen molar-refractivity contribution in [3.63, 3.8) is 0 Å². The molecule has 4 rings (SSSR count). The van der Waals surface area contributed by atoms with Crippen molar-refractivity contribution in [1.82, 2.24) is 9.88 Å². The molecule has 0 spiro atoms. The summed E-state index contributed by atoms with van der Waals surface area (Å²) in [4.78, 5) is 30.2. The zero-order chi connectivity index (χ0) is 21.6. The number of carbonyl (C=O) groups is 1. The van der Waals surface area contributed by atoms with Gasteiger partial charge in [0.2, 0.25) is 0 Å². The topological polar surface area (TPSA) is 71.6 Å². The molecule has 2 atom stereocenters. The zero-order valence-corrected chi connectivity index (χ0v) is 18.7. The first kappa shape index (κ1) is 21.2. The van der Waals surface area contributed by atoms with E-state index >= 15 is 0 Å². The number of H-pyrrole nitrogens is 1. The van der Waals surface area contributed by atoms with Crippen molar-refractivity contribution in [3.8, 4) is 5.75 Å². The summed E-state index contributed by atoms with van der Waals surface area (Å²) in [5.74, 6) is 0.145. The Labute approximate surface area is 185 Å². The lowest BCUT2D eigenvalue weighted by Crippen LogP contribution is -2.39. The van der Waals surface area contributed by atoms with Crippen LogP contribution < -0.4 is 10.3 Å². The van der Waals surface area contributed by atoms with Crippen LogP contribution in [-0.2, 0) is 17.7 Å². The Bertz CT molecular complexity index is 1070. The zero-order valence-electron chi connectivity index (χ0n) is 17.2. The highest BCUT2D eigenvalue weighted by atomic mass is 35.5. The number of fused-ring (bicyclic) bond motifs is 1. The van der Waals surface area contributed by atoms with Gasteiger partial charge in [-0.1, -0.05) is 23.2 Å². The van der Waals surface area contributed by atoms with Crippen LogP contribution in [0.4, 0.5) is 0 Å². The van der Waals surface area contributed by atoms with Crippen molar-refractivity contribution >= 4 is 29.1 Å². The first-order valence-electron chi connectivity index (χ1n) is 10.0. The number of halogens is 2. The number of aryl methyl sites for hydroxylation is 2. The molecule has 0 bridgehead atoms. The third kappa shape index (κ3) is 3.96. The number of aromatic nitrogens is 1. The molecule has 2 aliphatic rings.